The zero-order valence-electron chi connectivity index (χ0n) is 12.6. The van der Waals surface area contributed by atoms with E-state index in [2.05, 4.69) is 28.9 Å². The van der Waals surface area contributed by atoms with Gasteiger partial charge in [-0.05, 0) is 18.6 Å². The molecule has 0 saturated carbocycles. The van der Waals surface area contributed by atoms with Crippen molar-refractivity contribution < 1.29 is 13.2 Å². The number of alkyl halides is 3. The van der Waals surface area contributed by atoms with Gasteiger partial charge in [0.25, 0.3) is 14.1 Å². The first-order valence-corrected chi connectivity index (χ1v) is 10.4. The fraction of sp³-hybridized carbons (Fsp3) is 0.400. The van der Waals surface area contributed by atoms with E-state index in [0.717, 1.165) is 0 Å². The Bertz CT molecular complexity index is 585. The molecule has 1 aromatic carbocycles. The first kappa shape index (κ1) is 17.8. The van der Waals surface area contributed by atoms with Gasteiger partial charge in [0.15, 0.2) is 0 Å². The van der Waals surface area contributed by atoms with Crippen molar-refractivity contribution in [1.82, 2.24) is 9.55 Å². The third-order valence-corrected chi connectivity index (χ3v) is 2.46. The number of benzene rings is 1. The molecule has 21 heavy (non-hydrogen) atoms. The summed E-state index contributed by atoms with van der Waals surface area (Å²) in [6.07, 6.45) is -2.36. The number of aromatic nitrogens is 2. The van der Waals surface area contributed by atoms with Crippen LogP contribution >= 0.6 is 0 Å². The molecule has 114 valence electrons. The second-order valence-electron chi connectivity index (χ2n) is 5.38. The zero-order valence-corrected chi connectivity index (χ0v) is 13.8. The maximum Gasteiger partial charge on any atom is 0.449 e. The van der Waals surface area contributed by atoms with Crippen molar-refractivity contribution in [3.05, 3.63) is 42.7 Å². The second-order valence-corrected chi connectivity index (χ2v) is 8.85. The molecule has 0 saturated heterocycles. The van der Waals surface area contributed by atoms with E-state index in [4.69, 9.17) is 0 Å². The van der Waals surface area contributed by atoms with Gasteiger partial charge in [-0.2, -0.15) is 13.2 Å². The van der Waals surface area contributed by atoms with Gasteiger partial charge in [0, 0.05) is 6.54 Å². The lowest BCUT2D eigenvalue weighted by molar-refractivity contribution is -0.146. The summed E-state index contributed by atoms with van der Waals surface area (Å²) in [6.45, 7) is 3.75. The van der Waals surface area contributed by atoms with Crippen LogP contribution in [0.1, 0.15) is 12.2 Å². The van der Waals surface area contributed by atoms with Crippen molar-refractivity contribution in [1.29, 1.82) is 0 Å². The van der Waals surface area contributed by atoms with Crippen molar-refractivity contribution in [3.63, 3.8) is 0 Å². The highest BCUT2D eigenvalue weighted by atomic mass is 27.2. The maximum absolute atomic E-state index is 12.8. The van der Waals surface area contributed by atoms with Crippen LogP contribution in [0.3, 0.4) is 0 Å². The van der Waals surface area contributed by atoms with Crippen LogP contribution in [-0.2, 0) is 12.7 Å². The Morgan fingerprint density at radius 2 is 1.81 bits per heavy atom. The van der Waals surface area contributed by atoms with Crippen molar-refractivity contribution in [3.8, 4) is 0 Å². The van der Waals surface area contributed by atoms with Crippen LogP contribution in [-0.4, -0.2) is 23.7 Å². The Balaban J connectivity index is 0.000000491. The summed E-state index contributed by atoms with van der Waals surface area (Å²) in [6, 6.07) is 6.59. The van der Waals surface area contributed by atoms with Gasteiger partial charge in [0.05, 0.1) is 11.0 Å². The number of nitrogens with zero attached hydrogens (tertiary/aromatic N) is 2. The lowest BCUT2D eigenvalue weighted by Crippen LogP contribution is -2.14. The molecular weight excluding hydrogens is 292 g/mol. The average Bonchev–Trinajstić information content (AvgIpc) is 2.74. The van der Waals surface area contributed by atoms with Crippen LogP contribution in [0.5, 0.6) is 0 Å². The van der Waals surface area contributed by atoms with Gasteiger partial charge < -0.3 is 4.57 Å². The number of fused-ring (bicyclic) bond motifs is 1. The molecule has 0 N–H and O–H groups in total. The minimum Gasteiger partial charge on any atom is -0.320 e. The molecule has 0 bridgehead atoms. The van der Waals surface area contributed by atoms with E-state index in [1.807, 2.05) is 0 Å². The summed E-state index contributed by atoms with van der Waals surface area (Å²) in [5.41, 5.74) is 0.866. The summed E-state index contributed by atoms with van der Waals surface area (Å²) in [4.78, 5) is 3.64. The van der Waals surface area contributed by atoms with Gasteiger partial charge in [0.1, 0.15) is 0 Å². The molecule has 0 unspecified atom stereocenters. The van der Waals surface area contributed by atoms with E-state index >= 15 is 0 Å². The Kier molecular flexibility index (Phi) is 6.51. The summed E-state index contributed by atoms with van der Waals surface area (Å²) in [5, 5.41) is 0. The molecule has 0 aliphatic carbocycles. The molecule has 0 amide bonds. The Morgan fingerprint density at radius 3 is 2.33 bits per heavy atom. The number of rotatable bonds is 3. The minimum atomic E-state index is -4.43. The SMILES string of the molecule is C=CCCn1c(C(F)(F)F)nc2ccccc21.[CH3][Al]([CH3])[CH3]. The lowest BCUT2D eigenvalue weighted by Gasteiger charge is -2.09. The van der Waals surface area contributed by atoms with E-state index in [1.165, 1.54) is 4.57 Å². The van der Waals surface area contributed by atoms with Crippen molar-refractivity contribution >= 4 is 25.2 Å². The predicted octanol–water partition coefficient (Wildman–Crippen LogP) is 5.00. The van der Waals surface area contributed by atoms with E-state index in [-0.39, 0.29) is 20.7 Å². The number of hydrogen-bond acceptors (Lipinski definition) is 1. The first-order valence-electron chi connectivity index (χ1n) is 6.90. The standard InChI is InChI=1S/C12H11F3N2.3CH3.Al/c1-2-3-8-17-10-7-5-4-6-9(10)16-11(17)12(13,14)15;;;;/h2,4-7H,1,3,8H2;3*1H3;. The summed E-state index contributed by atoms with van der Waals surface area (Å²) in [5.74, 6) is 6.07. The molecule has 2 rings (SSSR count). The molecule has 1 aromatic heterocycles. The van der Waals surface area contributed by atoms with Gasteiger partial charge in [-0.15, -0.1) is 23.9 Å². The molecule has 2 aromatic rings. The first-order chi connectivity index (χ1) is 9.77. The van der Waals surface area contributed by atoms with Crippen molar-refractivity contribution in [2.45, 2.75) is 36.5 Å². The topological polar surface area (TPSA) is 17.8 Å². The normalized spacial score (nSPS) is 11.0. The van der Waals surface area contributed by atoms with Crippen LogP contribution in [0.2, 0.25) is 17.4 Å². The number of para-hydroxylation sites is 2. The maximum atomic E-state index is 12.8. The van der Waals surface area contributed by atoms with Crippen LogP contribution < -0.4 is 0 Å². The van der Waals surface area contributed by atoms with Gasteiger partial charge in [0.2, 0.25) is 5.82 Å². The third-order valence-electron chi connectivity index (χ3n) is 2.46. The molecule has 1 heterocycles. The van der Waals surface area contributed by atoms with Crippen molar-refractivity contribution in [2.75, 3.05) is 0 Å². The summed E-state index contributed by atoms with van der Waals surface area (Å²) in [7, 11) is 0. The quantitative estimate of drug-likeness (QED) is 0.576. The third kappa shape index (κ3) is 5.22. The highest BCUT2D eigenvalue weighted by Crippen LogP contribution is 2.31. The molecule has 0 aliphatic rings. The molecule has 0 radical (unpaired) electrons. The fourth-order valence-electron chi connectivity index (χ4n) is 1.74. The highest BCUT2D eigenvalue weighted by Gasteiger charge is 2.37. The lowest BCUT2D eigenvalue weighted by atomic mass is 10.3. The summed E-state index contributed by atoms with van der Waals surface area (Å²) >= 11 is -0.139. The molecular formula is C15H20AlF3N2. The zero-order chi connectivity index (χ0) is 16.0. The van der Waals surface area contributed by atoms with Gasteiger partial charge in [-0.25, -0.2) is 4.98 Å². The summed E-state index contributed by atoms with van der Waals surface area (Å²) < 4.78 is 39.6. The van der Waals surface area contributed by atoms with Crippen LogP contribution in [0.15, 0.2) is 36.9 Å². The van der Waals surface area contributed by atoms with E-state index < -0.39 is 12.0 Å². The van der Waals surface area contributed by atoms with Crippen molar-refractivity contribution in [2.24, 2.45) is 0 Å². The smallest absolute Gasteiger partial charge is 0.320 e. The number of imidazole rings is 1. The molecule has 0 fully saturated rings. The van der Waals surface area contributed by atoms with E-state index in [0.29, 0.717) is 17.5 Å². The minimum absolute atomic E-state index is 0.139. The Morgan fingerprint density at radius 1 is 1.24 bits per heavy atom. The average molecular weight is 312 g/mol. The Labute approximate surface area is 127 Å². The van der Waals surface area contributed by atoms with Gasteiger partial charge in [-0.1, -0.05) is 18.2 Å². The second kappa shape index (κ2) is 7.67. The molecule has 6 heteroatoms. The monoisotopic (exact) mass is 312 g/mol. The van der Waals surface area contributed by atoms with Gasteiger partial charge >= 0.3 is 6.18 Å². The molecule has 0 spiro atoms. The van der Waals surface area contributed by atoms with E-state index in [1.54, 1.807) is 30.3 Å². The molecule has 0 atom stereocenters. The van der Waals surface area contributed by atoms with Crippen LogP contribution in [0.4, 0.5) is 13.2 Å². The van der Waals surface area contributed by atoms with Crippen LogP contribution in [0, 0.1) is 0 Å². The fourth-order valence-corrected chi connectivity index (χ4v) is 1.74. The number of halogens is 3. The molecule has 2 nitrogen and oxygen atoms in total. The number of aryl methyl sites for hydroxylation is 1. The van der Waals surface area contributed by atoms with Gasteiger partial charge in [-0.3, -0.25) is 0 Å². The number of allylic oxidation sites excluding steroid dienone is 1. The number of hydrogen-bond donors (Lipinski definition) is 0. The predicted molar refractivity (Wildman–Crippen MR) is 82.9 cm³/mol. The molecule has 0 aliphatic heterocycles. The van der Waals surface area contributed by atoms with Crippen LogP contribution in [0.25, 0.3) is 11.0 Å². The highest BCUT2D eigenvalue weighted by molar-refractivity contribution is 6.54. The largest absolute Gasteiger partial charge is 0.449 e. The Hall–Kier alpha value is -1.25. The van der Waals surface area contributed by atoms with E-state index in [9.17, 15) is 13.2 Å².